The second-order valence-corrected chi connectivity index (χ2v) is 5.35. The average molecular weight is 272 g/mol. The molecule has 6 nitrogen and oxygen atoms in total. The van der Waals surface area contributed by atoms with Gasteiger partial charge in [-0.1, -0.05) is 13.3 Å². The minimum atomic E-state index is -1.07. The predicted octanol–water partition coefficient (Wildman–Crippen LogP) is 1.14. The third kappa shape index (κ3) is 3.18. The SMILES string of the molecule is CCCC1(C(=O)O)CCCN1C(=O)N(C)CC(C)O. The van der Waals surface area contributed by atoms with E-state index in [0.717, 1.165) is 6.42 Å². The Morgan fingerprint density at radius 1 is 1.47 bits per heavy atom. The van der Waals surface area contributed by atoms with Crippen molar-refractivity contribution >= 4 is 12.0 Å². The van der Waals surface area contributed by atoms with Gasteiger partial charge in [0.05, 0.1) is 6.10 Å². The van der Waals surface area contributed by atoms with Crippen LogP contribution in [0.4, 0.5) is 4.79 Å². The van der Waals surface area contributed by atoms with Crippen molar-refractivity contribution in [2.45, 2.75) is 51.2 Å². The van der Waals surface area contributed by atoms with E-state index in [1.165, 1.54) is 9.80 Å². The van der Waals surface area contributed by atoms with E-state index in [1.807, 2.05) is 6.92 Å². The first-order valence-electron chi connectivity index (χ1n) is 6.79. The molecule has 1 aliphatic heterocycles. The molecule has 0 bridgehead atoms. The van der Waals surface area contributed by atoms with Crippen molar-refractivity contribution in [1.82, 2.24) is 9.80 Å². The molecule has 0 aromatic carbocycles. The van der Waals surface area contributed by atoms with Crippen LogP contribution >= 0.6 is 0 Å². The number of carbonyl (C=O) groups is 2. The van der Waals surface area contributed by atoms with E-state index >= 15 is 0 Å². The molecular formula is C13H24N2O4. The summed E-state index contributed by atoms with van der Waals surface area (Å²) in [5, 5.41) is 18.8. The topological polar surface area (TPSA) is 81.1 Å². The van der Waals surface area contributed by atoms with E-state index in [4.69, 9.17) is 0 Å². The highest BCUT2D eigenvalue weighted by Gasteiger charge is 2.49. The largest absolute Gasteiger partial charge is 0.479 e. The van der Waals surface area contributed by atoms with Crippen LogP contribution < -0.4 is 0 Å². The van der Waals surface area contributed by atoms with Gasteiger partial charge in [0.2, 0.25) is 0 Å². The number of aliphatic carboxylic acids is 1. The molecule has 6 heteroatoms. The normalized spacial score (nSPS) is 24.3. The van der Waals surface area contributed by atoms with Gasteiger partial charge in [-0.05, 0) is 26.2 Å². The van der Waals surface area contributed by atoms with Gasteiger partial charge in [0, 0.05) is 20.1 Å². The number of carboxylic acids is 1. The van der Waals surface area contributed by atoms with E-state index in [1.54, 1.807) is 14.0 Å². The van der Waals surface area contributed by atoms with Crippen LogP contribution in [0.5, 0.6) is 0 Å². The lowest BCUT2D eigenvalue weighted by Gasteiger charge is -2.37. The molecule has 1 saturated heterocycles. The summed E-state index contributed by atoms with van der Waals surface area (Å²) in [6.45, 7) is 4.20. The number of hydrogen-bond donors (Lipinski definition) is 2. The zero-order chi connectivity index (χ0) is 14.6. The molecule has 1 heterocycles. The van der Waals surface area contributed by atoms with Gasteiger partial charge in [-0.2, -0.15) is 0 Å². The highest BCUT2D eigenvalue weighted by molar-refractivity contribution is 5.87. The van der Waals surface area contributed by atoms with Crippen molar-refractivity contribution < 1.29 is 19.8 Å². The maximum Gasteiger partial charge on any atom is 0.329 e. The van der Waals surface area contributed by atoms with Crippen molar-refractivity contribution in [3.8, 4) is 0 Å². The Kier molecular flexibility index (Phi) is 5.17. The fraction of sp³-hybridized carbons (Fsp3) is 0.846. The molecule has 0 spiro atoms. The van der Waals surface area contributed by atoms with Crippen molar-refractivity contribution in [3.05, 3.63) is 0 Å². The van der Waals surface area contributed by atoms with Crippen LogP contribution in [0.25, 0.3) is 0 Å². The van der Waals surface area contributed by atoms with E-state index in [9.17, 15) is 19.8 Å². The zero-order valence-corrected chi connectivity index (χ0v) is 11.9. The van der Waals surface area contributed by atoms with E-state index in [2.05, 4.69) is 0 Å². The van der Waals surface area contributed by atoms with E-state index < -0.39 is 17.6 Å². The number of likely N-dealkylation sites (N-methyl/N-ethyl adjacent to an activating group) is 1. The first kappa shape index (κ1) is 15.8. The number of aliphatic hydroxyl groups excluding tert-OH is 1. The Labute approximate surface area is 114 Å². The van der Waals surface area contributed by atoms with Crippen LogP contribution in [-0.4, -0.2) is 63.8 Å². The van der Waals surface area contributed by atoms with Crippen molar-refractivity contribution in [2.75, 3.05) is 20.1 Å². The number of aliphatic hydroxyl groups is 1. The second-order valence-electron chi connectivity index (χ2n) is 5.35. The summed E-state index contributed by atoms with van der Waals surface area (Å²) in [7, 11) is 1.59. The Hall–Kier alpha value is -1.30. The summed E-state index contributed by atoms with van der Waals surface area (Å²) in [4.78, 5) is 26.8. The number of likely N-dealkylation sites (tertiary alicyclic amines) is 1. The van der Waals surface area contributed by atoms with Crippen LogP contribution in [0.3, 0.4) is 0 Å². The summed E-state index contributed by atoms with van der Waals surface area (Å²) in [5.74, 6) is -0.925. The zero-order valence-electron chi connectivity index (χ0n) is 11.9. The predicted molar refractivity (Wildman–Crippen MR) is 70.9 cm³/mol. The molecule has 0 saturated carbocycles. The van der Waals surface area contributed by atoms with Gasteiger partial charge in [0.25, 0.3) is 0 Å². The van der Waals surface area contributed by atoms with E-state index in [-0.39, 0.29) is 12.6 Å². The van der Waals surface area contributed by atoms with Gasteiger partial charge in [0.15, 0.2) is 0 Å². The number of urea groups is 1. The van der Waals surface area contributed by atoms with Crippen molar-refractivity contribution in [3.63, 3.8) is 0 Å². The fourth-order valence-corrected chi connectivity index (χ4v) is 2.84. The first-order valence-corrected chi connectivity index (χ1v) is 6.79. The summed E-state index contributed by atoms with van der Waals surface area (Å²) >= 11 is 0. The molecule has 110 valence electrons. The maximum absolute atomic E-state index is 12.4. The van der Waals surface area contributed by atoms with E-state index in [0.29, 0.717) is 25.8 Å². The molecule has 2 unspecified atom stereocenters. The standard InChI is InChI=1S/C13H24N2O4/c1-4-6-13(11(17)18)7-5-8-15(13)12(19)14(3)9-10(2)16/h10,16H,4-9H2,1-3H3,(H,17,18). The van der Waals surface area contributed by atoms with Gasteiger partial charge in [-0.25, -0.2) is 9.59 Å². The maximum atomic E-state index is 12.4. The molecule has 0 aliphatic carbocycles. The second kappa shape index (κ2) is 6.23. The Morgan fingerprint density at radius 3 is 2.58 bits per heavy atom. The quantitative estimate of drug-likeness (QED) is 0.786. The average Bonchev–Trinajstić information content (AvgIpc) is 2.72. The summed E-state index contributed by atoms with van der Waals surface area (Å²) < 4.78 is 0. The molecule has 2 amide bonds. The number of carbonyl (C=O) groups excluding carboxylic acids is 1. The van der Waals surface area contributed by atoms with Crippen LogP contribution in [0.2, 0.25) is 0 Å². The number of hydrogen-bond acceptors (Lipinski definition) is 3. The molecule has 1 fully saturated rings. The lowest BCUT2D eigenvalue weighted by atomic mass is 9.91. The molecule has 2 atom stereocenters. The molecule has 0 radical (unpaired) electrons. The molecule has 0 aromatic heterocycles. The lowest BCUT2D eigenvalue weighted by Crippen LogP contribution is -2.56. The van der Waals surface area contributed by atoms with Gasteiger partial charge in [-0.3, -0.25) is 0 Å². The van der Waals surface area contributed by atoms with Gasteiger partial charge >= 0.3 is 12.0 Å². The Morgan fingerprint density at radius 2 is 2.11 bits per heavy atom. The number of amides is 2. The van der Waals surface area contributed by atoms with Crippen molar-refractivity contribution in [1.29, 1.82) is 0 Å². The smallest absolute Gasteiger partial charge is 0.329 e. The molecule has 1 rings (SSSR count). The van der Waals surface area contributed by atoms with Gasteiger partial charge in [-0.15, -0.1) is 0 Å². The summed E-state index contributed by atoms with van der Waals surface area (Å²) in [6.07, 6.45) is 1.78. The minimum absolute atomic E-state index is 0.206. The van der Waals surface area contributed by atoms with Crippen molar-refractivity contribution in [2.24, 2.45) is 0 Å². The third-order valence-corrected chi connectivity index (χ3v) is 3.65. The number of nitrogens with zero attached hydrogens (tertiary/aromatic N) is 2. The monoisotopic (exact) mass is 272 g/mol. The third-order valence-electron chi connectivity index (χ3n) is 3.65. The minimum Gasteiger partial charge on any atom is -0.479 e. The fourth-order valence-electron chi connectivity index (χ4n) is 2.84. The Bertz CT molecular complexity index is 346. The highest BCUT2D eigenvalue weighted by Crippen LogP contribution is 2.34. The summed E-state index contributed by atoms with van der Waals surface area (Å²) in [6, 6.07) is -0.311. The molecular weight excluding hydrogens is 248 g/mol. The molecule has 2 N–H and O–H groups in total. The number of rotatable bonds is 5. The highest BCUT2D eigenvalue weighted by atomic mass is 16.4. The van der Waals surface area contributed by atoms with Gasteiger partial charge in [0.1, 0.15) is 5.54 Å². The Balaban J connectivity index is 2.90. The van der Waals surface area contributed by atoms with Crippen LogP contribution in [-0.2, 0) is 4.79 Å². The van der Waals surface area contributed by atoms with Gasteiger partial charge < -0.3 is 20.0 Å². The van der Waals surface area contributed by atoms with Crippen LogP contribution in [0.15, 0.2) is 0 Å². The summed E-state index contributed by atoms with van der Waals surface area (Å²) in [5.41, 5.74) is -1.07. The number of carboxylic acid groups (broad SMARTS) is 1. The first-order chi connectivity index (χ1) is 8.85. The molecule has 19 heavy (non-hydrogen) atoms. The van der Waals surface area contributed by atoms with Crippen LogP contribution in [0, 0.1) is 0 Å². The molecule has 0 aromatic rings. The molecule has 1 aliphatic rings. The lowest BCUT2D eigenvalue weighted by molar-refractivity contribution is -0.148. The van der Waals surface area contributed by atoms with Crippen LogP contribution in [0.1, 0.15) is 39.5 Å².